The van der Waals surface area contributed by atoms with Crippen molar-refractivity contribution in [2.24, 2.45) is 0 Å². The molecule has 0 spiro atoms. The number of phenols is 2. The monoisotopic (exact) mass is 1380 g/mol. The maximum atomic E-state index is 12.3. The number of benzene rings is 12. The fourth-order valence-corrected chi connectivity index (χ4v) is 15.0. The van der Waals surface area contributed by atoms with Gasteiger partial charge in [0.2, 0.25) is 0 Å². The van der Waals surface area contributed by atoms with Crippen LogP contribution in [0.3, 0.4) is 0 Å². The molecule has 452 valence electrons. The van der Waals surface area contributed by atoms with Crippen LogP contribution in [0.4, 0.5) is 34.1 Å². The number of hydrogen-bond acceptors (Lipinski definition) is 6. The van der Waals surface area contributed by atoms with Gasteiger partial charge in [-0.2, -0.15) is 0 Å². The molecule has 4 heterocycles. The molecule has 2 aromatic heterocycles. The van der Waals surface area contributed by atoms with E-state index >= 15 is 0 Å². The molecule has 8 nitrogen and oxygen atoms in total. The Kier molecular flexibility index (Phi) is 14.3. The number of aromatic nitrogens is 2. The summed E-state index contributed by atoms with van der Waals surface area (Å²) < 4.78 is 4.86. The molecule has 9 heteroatoms. The first-order valence-electron chi connectivity index (χ1n) is 31.3. The number of aryl methyl sites for hydroxylation is 8. The summed E-state index contributed by atoms with van der Waals surface area (Å²) in [5.41, 5.74) is 30.3. The van der Waals surface area contributed by atoms with E-state index in [-0.39, 0.29) is 32.6 Å². The molecule has 12 aromatic carbocycles. The van der Waals surface area contributed by atoms with E-state index in [4.69, 9.17) is 0 Å². The van der Waals surface area contributed by atoms with Crippen molar-refractivity contribution >= 4 is 77.7 Å². The quantitative estimate of drug-likeness (QED) is 0.133. The topological polar surface area (TPSA) is 63.3 Å². The third kappa shape index (κ3) is 9.70. The number of phenolic OH excluding ortho intramolecular Hbond substituents is 2. The number of anilines is 6. The number of rotatable bonds is 10. The number of para-hydroxylation sites is 8. The van der Waals surface area contributed by atoms with Crippen molar-refractivity contribution < 1.29 is 31.3 Å². The second kappa shape index (κ2) is 22.6. The van der Waals surface area contributed by atoms with Crippen LogP contribution in [0.1, 0.15) is 44.5 Å². The molecule has 0 aliphatic carbocycles. The van der Waals surface area contributed by atoms with E-state index in [1.807, 2.05) is 12.1 Å². The molecule has 0 saturated heterocycles. The molecular formula is C83H68N6O2Pt. The van der Waals surface area contributed by atoms with E-state index in [1.54, 1.807) is 0 Å². The molecule has 2 aliphatic rings. The summed E-state index contributed by atoms with van der Waals surface area (Å²) in [5.74, 6) is 0.318. The molecule has 0 atom stereocenters. The molecule has 92 heavy (non-hydrogen) atoms. The molecular weight excluding hydrogens is 1310 g/mol. The zero-order chi connectivity index (χ0) is 62.1. The third-order valence-electron chi connectivity index (χ3n) is 18.4. The van der Waals surface area contributed by atoms with Gasteiger partial charge in [-0.05, 0) is 138 Å². The van der Waals surface area contributed by atoms with Crippen LogP contribution >= 0.6 is 0 Å². The van der Waals surface area contributed by atoms with Gasteiger partial charge in [0.25, 0.3) is 0 Å². The van der Waals surface area contributed by atoms with Gasteiger partial charge in [0, 0.05) is 84.6 Å². The first-order chi connectivity index (χ1) is 44.2. The van der Waals surface area contributed by atoms with Crippen molar-refractivity contribution in [2.45, 2.75) is 55.4 Å². The molecule has 0 unspecified atom stereocenters. The Morgan fingerprint density at radius 3 is 0.837 bits per heavy atom. The summed E-state index contributed by atoms with van der Waals surface area (Å²) in [5, 5.41) is 29.2. The third-order valence-corrected chi connectivity index (χ3v) is 18.4. The average molecular weight is 1380 g/mol. The first-order valence-corrected chi connectivity index (χ1v) is 31.3. The van der Waals surface area contributed by atoms with Gasteiger partial charge >= 0.3 is 21.1 Å². The molecule has 16 rings (SSSR count). The van der Waals surface area contributed by atoms with Gasteiger partial charge in [-0.3, -0.25) is 0 Å². The maximum Gasteiger partial charge on any atom is 2.00 e. The molecule has 0 bridgehead atoms. The van der Waals surface area contributed by atoms with Crippen LogP contribution in [0.25, 0.3) is 99.5 Å². The average Bonchev–Trinajstić information content (AvgIpc) is 1.57. The van der Waals surface area contributed by atoms with Crippen LogP contribution in [0.2, 0.25) is 0 Å². The van der Waals surface area contributed by atoms with E-state index in [1.165, 1.54) is 44.5 Å². The summed E-state index contributed by atoms with van der Waals surface area (Å²) in [7, 11) is 0. The Morgan fingerprint density at radius 1 is 0.283 bits per heavy atom. The molecule has 2 N–H and O–H groups in total. The first kappa shape index (κ1) is 58.1. The number of nitrogens with zero attached hydrogens (tertiary/aromatic N) is 6. The van der Waals surface area contributed by atoms with Crippen molar-refractivity contribution in [3.05, 3.63) is 288 Å². The SMILES string of the molecule is Cc1cc(C)cc(-c2cccc3c4cccc(-c5cc(C)cc(C)c5)c4n(-c4ccc(O)c(N5[CH-]N(CN6[CH-]N(c7cc(-n8c9c(-c%10cc(C)cc(C)c%10)cccc9c9cccc(-c%10cc(C)cc(C)c%10)c98)ccc7O)c7ccccc76)c6ccccc65)c4)c23)c1.[Pt+2]. The Balaban J connectivity index is 0.00000702. The van der Waals surface area contributed by atoms with Crippen molar-refractivity contribution in [3.8, 4) is 67.4 Å². The van der Waals surface area contributed by atoms with Gasteiger partial charge in [0.1, 0.15) is 11.5 Å². The molecule has 14 aromatic rings. The molecule has 0 fully saturated rings. The molecule has 0 saturated carbocycles. The Bertz CT molecular complexity index is 4720. The minimum absolute atomic E-state index is 0. The van der Waals surface area contributed by atoms with Crippen molar-refractivity contribution in [1.29, 1.82) is 0 Å². The van der Waals surface area contributed by atoms with Crippen LogP contribution < -0.4 is 19.6 Å². The fourth-order valence-electron chi connectivity index (χ4n) is 15.0. The normalized spacial score (nSPS) is 12.9. The Labute approximate surface area is 552 Å². The summed E-state index contributed by atoms with van der Waals surface area (Å²) in [6.45, 7) is 22.0. The smallest absolute Gasteiger partial charge is 0.506 e. The summed E-state index contributed by atoms with van der Waals surface area (Å²) in [6, 6.07) is 82.8. The van der Waals surface area contributed by atoms with Crippen LogP contribution in [-0.4, -0.2) is 26.0 Å². The molecule has 0 amide bonds. The number of aromatic hydroxyl groups is 2. The van der Waals surface area contributed by atoms with Crippen molar-refractivity contribution in [3.63, 3.8) is 0 Å². The van der Waals surface area contributed by atoms with E-state index in [0.29, 0.717) is 18.0 Å². The van der Waals surface area contributed by atoms with Crippen molar-refractivity contribution in [2.75, 3.05) is 26.3 Å². The van der Waals surface area contributed by atoms with Crippen LogP contribution in [0.15, 0.2) is 231 Å². The Morgan fingerprint density at radius 2 is 0.554 bits per heavy atom. The maximum absolute atomic E-state index is 12.3. The van der Waals surface area contributed by atoms with Crippen molar-refractivity contribution in [1.82, 2.24) is 9.13 Å². The fraction of sp³-hybridized carbons (Fsp3) is 0.108. The van der Waals surface area contributed by atoms with Gasteiger partial charge < -0.3 is 38.9 Å². The largest absolute Gasteiger partial charge is 2.00 e. The van der Waals surface area contributed by atoms with E-state index < -0.39 is 0 Å². The van der Waals surface area contributed by atoms with Crippen LogP contribution in [0.5, 0.6) is 11.5 Å². The summed E-state index contributed by atoms with van der Waals surface area (Å²) in [6.07, 6.45) is 0. The second-order valence-electron chi connectivity index (χ2n) is 25.4. The van der Waals surface area contributed by atoms with Gasteiger partial charge in [-0.25, -0.2) is 0 Å². The number of hydrogen-bond donors (Lipinski definition) is 2. The Hall–Kier alpha value is -10.3. The van der Waals surface area contributed by atoms with Gasteiger partial charge in [0.05, 0.1) is 33.4 Å². The minimum atomic E-state index is 0. The van der Waals surface area contributed by atoms with Crippen LogP contribution in [0, 0.1) is 68.7 Å². The summed E-state index contributed by atoms with van der Waals surface area (Å²) >= 11 is 0. The zero-order valence-corrected chi connectivity index (χ0v) is 55.0. The van der Waals surface area contributed by atoms with E-state index in [0.717, 1.165) is 122 Å². The summed E-state index contributed by atoms with van der Waals surface area (Å²) in [4.78, 5) is 8.73. The van der Waals surface area contributed by atoms with E-state index in [2.05, 4.69) is 316 Å². The van der Waals surface area contributed by atoms with Gasteiger partial charge in [-0.15, -0.1) is 13.3 Å². The minimum Gasteiger partial charge on any atom is -0.506 e. The molecule has 2 aliphatic heterocycles. The van der Waals surface area contributed by atoms with Crippen LogP contribution in [-0.2, 0) is 21.1 Å². The second-order valence-corrected chi connectivity index (χ2v) is 25.4. The number of fused-ring (bicyclic) bond motifs is 8. The molecule has 0 radical (unpaired) electrons. The van der Waals surface area contributed by atoms with Gasteiger partial charge in [-0.1, -0.05) is 214 Å². The van der Waals surface area contributed by atoms with E-state index in [9.17, 15) is 10.2 Å². The predicted molar refractivity (Wildman–Crippen MR) is 380 cm³/mol. The standard InChI is InChI=1S/C83H68N6O2.Pt/c1-50-33-51(2)38-58(37-50)64-17-13-21-68-69-22-14-18-65(59-39-52(3)34-53(4)40-59)81(69)88(80(64)68)62-29-31-78(90)76(45-62)86-48-84(72-25-9-11-27-74(72)86)47-85-49-87(75-28-12-10-26-73(75)85)77-46-63(30-32-79(77)91)89-82-66(60-41-54(5)35-55(6)42-60)19-15-23-70(82)71-24-16-20-67(83(71)89)61-43-56(7)36-57(8)44-61;/h9-46,48-49,90-91H,47H2,1-8H3;/q-2;+2. The predicted octanol–water partition coefficient (Wildman–Crippen LogP) is 21.2. The zero-order valence-electron chi connectivity index (χ0n) is 52.7. The van der Waals surface area contributed by atoms with Gasteiger partial charge in [0.15, 0.2) is 0 Å².